The van der Waals surface area contributed by atoms with Crippen LogP contribution >= 0.6 is 30.2 Å². The van der Waals surface area contributed by atoms with Crippen LogP contribution in [-0.4, -0.2) is 112 Å². The van der Waals surface area contributed by atoms with Crippen LogP contribution in [0.1, 0.15) is 39.5 Å². The highest BCUT2D eigenvalue weighted by atomic mass is 32.5. The Balaban J connectivity index is 3.30. The van der Waals surface area contributed by atoms with Crippen molar-refractivity contribution in [2.24, 2.45) is 0 Å². The molecule has 8 atom stereocenters. The van der Waals surface area contributed by atoms with E-state index in [0.717, 1.165) is 0 Å². The fourth-order valence-corrected chi connectivity index (χ4v) is 6.46. The summed E-state index contributed by atoms with van der Waals surface area (Å²) >= 11 is 4.26. The van der Waals surface area contributed by atoms with Crippen molar-refractivity contribution in [3.8, 4) is 0 Å². The molecule has 0 aromatic carbocycles. The van der Waals surface area contributed by atoms with Gasteiger partial charge in [-0.15, -0.1) is 0 Å². The smallest absolute Gasteiger partial charge is 0.462 e. The fraction of sp³-hybridized carbons (Fsp3) is 0.882. The SMILES string of the molecule is CCCC(=O)OC[C@H](COP(=O)(O)O[C@H]1[C@H](O)[C@@H](OP(=O)(O)O)[C@H](OP(=O)(O)O)[C@@H](OP(O)(O)=S)[C@H]1O)OC(=O)CCC. The van der Waals surface area contributed by atoms with Gasteiger partial charge < -0.3 is 53.9 Å². The molecule has 0 saturated heterocycles. The molecule has 0 radical (unpaired) electrons. The average Bonchev–Trinajstić information content (AvgIpc) is 2.82. The van der Waals surface area contributed by atoms with E-state index in [1.54, 1.807) is 13.8 Å². The molecule has 0 aromatic rings. The molecule has 254 valence electrons. The summed E-state index contributed by atoms with van der Waals surface area (Å²) in [5, 5.41) is 21.4. The first-order valence-corrected chi connectivity index (χ1v) is 19.3. The molecule has 0 amide bonds. The first-order valence-electron chi connectivity index (χ1n) is 12.1. The number of ether oxygens (including phenoxy) is 2. The second kappa shape index (κ2) is 17.0. The largest absolute Gasteiger partial charge is 0.472 e. The monoisotopic (exact) mass is 730 g/mol. The van der Waals surface area contributed by atoms with E-state index in [9.17, 15) is 67.8 Å². The van der Waals surface area contributed by atoms with Crippen LogP contribution in [0, 0.1) is 0 Å². The highest BCUT2D eigenvalue weighted by molar-refractivity contribution is 8.06. The molecule has 0 heterocycles. The summed E-state index contributed by atoms with van der Waals surface area (Å²) in [6.07, 6.45) is -16.4. The molecule has 9 N–H and O–H groups in total. The zero-order valence-corrected chi connectivity index (χ0v) is 26.8. The van der Waals surface area contributed by atoms with Crippen molar-refractivity contribution in [2.75, 3.05) is 13.2 Å². The predicted molar refractivity (Wildman–Crippen MR) is 141 cm³/mol. The van der Waals surface area contributed by atoms with Gasteiger partial charge in [-0.25, -0.2) is 13.7 Å². The number of hydrogen-bond donors (Lipinski definition) is 9. The highest BCUT2D eigenvalue weighted by Gasteiger charge is 2.58. The van der Waals surface area contributed by atoms with Gasteiger partial charge in [0.05, 0.1) is 6.61 Å². The molecule has 0 spiro atoms. The van der Waals surface area contributed by atoms with Crippen molar-refractivity contribution in [2.45, 2.75) is 82.3 Å². The molecule has 26 heteroatoms. The van der Waals surface area contributed by atoms with E-state index in [0.29, 0.717) is 12.8 Å². The van der Waals surface area contributed by atoms with Crippen molar-refractivity contribution in [3.05, 3.63) is 0 Å². The van der Waals surface area contributed by atoms with Gasteiger partial charge in [-0.05, 0) is 24.6 Å². The van der Waals surface area contributed by atoms with Crippen LogP contribution in [-0.2, 0) is 67.2 Å². The second-order valence-corrected chi connectivity index (χ2v) is 15.2. The van der Waals surface area contributed by atoms with Gasteiger partial charge in [-0.1, -0.05) is 13.8 Å². The molecule has 0 aliphatic heterocycles. The van der Waals surface area contributed by atoms with Gasteiger partial charge in [0.25, 0.3) is 0 Å². The zero-order chi connectivity index (χ0) is 33.4. The Morgan fingerprint density at radius 1 is 0.698 bits per heavy atom. The Bertz CT molecular complexity index is 1080. The minimum absolute atomic E-state index is 0.00109. The predicted octanol–water partition coefficient (Wildman–Crippen LogP) is -1.17. The average molecular weight is 730 g/mol. The molecule has 1 fully saturated rings. The molecule has 1 rings (SSSR count). The van der Waals surface area contributed by atoms with E-state index in [1.165, 1.54) is 0 Å². The highest BCUT2D eigenvalue weighted by Crippen LogP contribution is 2.53. The van der Waals surface area contributed by atoms with Crippen LogP contribution in [0.5, 0.6) is 0 Å². The summed E-state index contributed by atoms with van der Waals surface area (Å²) < 4.78 is 68.4. The number of aliphatic hydroxyl groups is 2. The third-order valence-corrected chi connectivity index (χ3v) is 7.88. The van der Waals surface area contributed by atoms with Crippen LogP contribution in [0.2, 0.25) is 0 Å². The van der Waals surface area contributed by atoms with Crippen LogP contribution < -0.4 is 0 Å². The Labute approximate surface area is 249 Å². The lowest BCUT2D eigenvalue weighted by Gasteiger charge is -2.46. The molecule has 0 bridgehead atoms. The van der Waals surface area contributed by atoms with Crippen LogP contribution in [0.3, 0.4) is 0 Å². The summed E-state index contributed by atoms with van der Waals surface area (Å²) in [5.41, 5.74) is 0. The lowest BCUT2D eigenvalue weighted by atomic mass is 9.85. The summed E-state index contributed by atoms with van der Waals surface area (Å²) in [7, 11) is -16.9. The van der Waals surface area contributed by atoms with E-state index in [2.05, 4.69) is 25.4 Å². The van der Waals surface area contributed by atoms with Crippen LogP contribution in [0.15, 0.2) is 0 Å². The van der Waals surface area contributed by atoms with Crippen molar-refractivity contribution in [1.82, 2.24) is 0 Å². The first kappa shape index (κ1) is 40.7. The maximum atomic E-state index is 12.8. The zero-order valence-electron chi connectivity index (χ0n) is 22.4. The minimum atomic E-state index is -5.70. The number of carbonyl (C=O) groups excluding carboxylic acids is 2. The number of phosphoric ester groups is 3. The number of hydrogen-bond acceptors (Lipinski definition) is 15. The van der Waals surface area contributed by atoms with Gasteiger partial charge in [0.2, 0.25) is 0 Å². The molecule has 0 aromatic heterocycles. The normalized spacial score (nSPS) is 27.2. The molecule has 43 heavy (non-hydrogen) atoms. The van der Waals surface area contributed by atoms with Gasteiger partial charge in [-0.2, -0.15) is 0 Å². The molecular formula is C17H34O21P4S. The van der Waals surface area contributed by atoms with Gasteiger partial charge in [0, 0.05) is 12.8 Å². The minimum Gasteiger partial charge on any atom is -0.462 e. The molecular weight excluding hydrogens is 696 g/mol. The van der Waals surface area contributed by atoms with E-state index in [4.69, 9.17) is 18.5 Å². The Morgan fingerprint density at radius 3 is 1.63 bits per heavy atom. The van der Waals surface area contributed by atoms with Crippen molar-refractivity contribution >= 4 is 53.9 Å². The van der Waals surface area contributed by atoms with Crippen LogP contribution in [0.4, 0.5) is 0 Å². The molecule has 1 aliphatic carbocycles. The van der Waals surface area contributed by atoms with Gasteiger partial charge >= 0.3 is 42.1 Å². The van der Waals surface area contributed by atoms with E-state index >= 15 is 0 Å². The van der Waals surface area contributed by atoms with E-state index in [-0.39, 0.29) is 12.8 Å². The Morgan fingerprint density at radius 2 is 1.16 bits per heavy atom. The third-order valence-electron chi connectivity index (χ3n) is 5.09. The molecule has 1 saturated carbocycles. The summed E-state index contributed by atoms with van der Waals surface area (Å²) in [6, 6.07) is 0. The van der Waals surface area contributed by atoms with Crippen molar-refractivity contribution < 1.29 is 99.8 Å². The Kier molecular flexibility index (Phi) is 16.1. The quantitative estimate of drug-likeness (QED) is 0.0592. The topological polar surface area (TPSA) is 332 Å². The Hall–Kier alpha value is -0.280. The van der Waals surface area contributed by atoms with Gasteiger partial charge in [-0.3, -0.25) is 32.2 Å². The number of carbonyl (C=O) groups is 2. The van der Waals surface area contributed by atoms with Gasteiger partial charge in [0.15, 0.2) is 6.10 Å². The number of esters is 2. The maximum absolute atomic E-state index is 12.8. The second-order valence-electron chi connectivity index (χ2n) is 8.79. The number of phosphoric acid groups is 3. The summed E-state index contributed by atoms with van der Waals surface area (Å²) in [4.78, 5) is 90.0. The van der Waals surface area contributed by atoms with E-state index in [1.807, 2.05) is 0 Å². The van der Waals surface area contributed by atoms with E-state index < -0.39 is 98.1 Å². The summed E-state index contributed by atoms with van der Waals surface area (Å²) in [6.45, 7) is -3.20. The van der Waals surface area contributed by atoms with Crippen molar-refractivity contribution in [1.29, 1.82) is 0 Å². The number of aliphatic hydroxyl groups excluding tert-OH is 2. The van der Waals surface area contributed by atoms with Crippen LogP contribution in [0.25, 0.3) is 0 Å². The summed E-state index contributed by atoms with van der Waals surface area (Å²) in [5.74, 6) is -1.50. The van der Waals surface area contributed by atoms with Gasteiger partial charge in [0.1, 0.15) is 43.2 Å². The molecule has 1 aliphatic rings. The van der Waals surface area contributed by atoms with Crippen molar-refractivity contribution in [3.63, 3.8) is 0 Å². The first-order chi connectivity index (χ1) is 19.5. The third kappa shape index (κ3) is 15.7. The number of rotatable bonds is 18. The lowest BCUT2D eigenvalue weighted by Crippen LogP contribution is -2.65. The standard InChI is InChI=1S/C17H34O21P4S/c1-3-5-10(18)32-7-9(34-11(19)6-4-2)8-33-41(28,29)37-14-12(20)15(35-39(22,23)24)17(36-40(25,26)27)16(13(14)21)38-42(30,31)43/h9,12-17,20-21H,3-8H2,1-2H3,(H,28,29)(H2,22,23,24)(H2,25,26,27)(H2,30,31,43)/t9-,12+,13+,14+,15-,16+,17+/m1/s1. The fourth-order valence-electron chi connectivity index (χ4n) is 3.51. The molecule has 21 nitrogen and oxygen atoms in total. The lowest BCUT2D eigenvalue weighted by molar-refractivity contribution is -0.208. The molecule has 1 unspecified atom stereocenters. The maximum Gasteiger partial charge on any atom is 0.472 e.